The quantitative estimate of drug-likeness (QED) is 0.459. The molecule has 0 radical (unpaired) electrons. The molecule has 9 heteroatoms. The lowest BCUT2D eigenvalue weighted by Crippen LogP contribution is -2.31. The van der Waals surface area contributed by atoms with Crippen LogP contribution >= 0.6 is 0 Å². The maximum Gasteiger partial charge on any atom is 0.270 e. The first-order valence-electron chi connectivity index (χ1n) is 9.21. The second-order valence-corrected chi connectivity index (χ2v) is 7.03. The number of anilines is 1. The summed E-state index contributed by atoms with van der Waals surface area (Å²) < 4.78 is 10.6. The number of hydrogen-bond donors (Lipinski definition) is 3. The molecule has 0 saturated carbocycles. The first-order chi connectivity index (χ1) is 13.9. The summed E-state index contributed by atoms with van der Waals surface area (Å²) in [5.41, 5.74) is 1.18. The van der Waals surface area contributed by atoms with Crippen LogP contribution in [0.5, 0.6) is 11.5 Å². The Balaban J connectivity index is 1.79. The molecular formula is C20H23N3O6. The van der Waals surface area contributed by atoms with Crippen molar-refractivity contribution in [2.24, 2.45) is 5.92 Å². The molecule has 0 saturated heterocycles. The van der Waals surface area contributed by atoms with Gasteiger partial charge in [-0.3, -0.25) is 14.9 Å². The van der Waals surface area contributed by atoms with Crippen LogP contribution < -0.4 is 20.1 Å². The zero-order chi connectivity index (χ0) is 21.0. The van der Waals surface area contributed by atoms with Gasteiger partial charge in [0.25, 0.3) is 11.6 Å². The number of rotatable bonds is 8. The molecule has 0 unspecified atom stereocenters. The van der Waals surface area contributed by atoms with Crippen molar-refractivity contribution in [3.63, 3.8) is 0 Å². The minimum absolute atomic E-state index is 0.0970. The standard InChI is InChI=1S/C20H23N3O6/c1-12(2)17(10-24)22-16-5-4-14(23(26)27)8-15(16)20(25)21-9-13-3-6-18-19(7-13)29-11-28-18/h3-8,12,17,22,24H,9-11H2,1-2H3,(H,21,25)/t17-/m1/s1. The molecule has 0 spiro atoms. The van der Waals surface area contributed by atoms with Crippen LogP contribution in [0.3, 0.4) is 0 Å². The molecule has 0 fully saturated rings. The van der Waals surface area contributed by atoms with Crippen LogP contribution in [0.25, 0.3) is 0 Å². The number of benzene rings is 2. The predicted octanol–water partition coefficient (Wildman–Crippen LogP) is 2.68. The van der Waals surface area contributed by atoms with Crippen molar-refractivity contribution >= 4 is 17.3 Å². The third-order valence-electron chi connectivity index (χ3n) is 4.69. The highest BCUT2D eigenvalue weighted by molar-refractivity contribution is 6.00. The van der Waals surface area contributed by atoms with Gasteiger partial charge in [-0.25, -0.2) is 0 Å². The van der Waals surface area contributed by atoms with Crippen LogP contribution in [0.4, 0.5) is 11.4 Å². The highest BCUT2D eigenvalue weighted by atomic mass is 16.7. The first kappa shape index (κ1) is 20.4. The van der Waals surface area contributed by atoms with E-state index in [0.29, 0.717) is 17.2 Å². The van der Waals surface area contributed by atoms with Gasteiger partial charge in [0.1, 0.15) is 0 Å². The topological polar surface area (TPSA) is 123 Å². The van der Waals surface area contributed by atoms with Gasteiger partial charge in [0.2, 0.25) is 6.79 Å². The highest BCUT2D eigenvalue weighted by Gasteiger charge is 2.20. The molecule has 3 rings (SSSR count). The number of nitro benzene ring substituents is 1. The molecule has 1 aliphatic heterocycles. The van der Waals surface area contributed by atoms with Crippen LogP contribution in [-0.4, -0.2) is 35.4 Å². The van der Waals surface area contributed by atoms with E-state index < -0.39 is 10.8 Å². The van der Waals surface area contributed by atoms with E-state index in [1.807, 2.05) is 13.8 Å². The second-order valence-electron chi connectivity index (χ2n) is 7.03. The normalized spacial score (nSPS) is 13.2. The number of nitro groups is 1. The number of aliphatic hydroxyl groups excluding tert-OH is 1. The fraction of sp³-hybridized carbons (Fsp3) is 0.350. The van der Waals surface area contributed by atoms with Gasteiger partial charge >= 0.3 is 0 Å². The smallest absolute Gasteiger partial charge is 0.270 e. The number of nitrogens with one attached hydrogen (secondary N) is 2. The fourth-order valence-corrected chi connectivity index (χ4v) is 2.91. The van der Waals surface area contributed by atoms with Crippen LogP contribution in [-0.2, 0) is 6.54 Å². The summed E-state index contributed by atoms with van der Waals surface area (Å²) in [5.74, 6) is 0.889. The summed E-state index contributed by atoms with van der Waals surface area (Å²) in [6.45, 7) is 4.10. The number of aliphatic hydroxyl groups is 1. The summed E-state index contributed by atoms with van der Waals surface area (Å²) >= 11 is 0. The van der Waals surface area contributed by atoms with Crippen LogP contribution in [0.15, 0.2) is 36.4 Å². The van der Waals surface area contributed by atoms with Crippen molar-refractivity contribution in [3.05, 3.63) is 57.6 Å². The summed E-state index contributed by atoms with van der Waals surface area (Å²) in [6.07, 6.45) is 0. The lowest BCUT2D eigenvalue weighted by atomic mass is 10.0. The Bertz CT molecular complexity index is 915. The second kappa shape index (κ2) is 8.78. The largest absolute Gasteiger partial charge is 0.454 e. The summed E-state index contributed by atoms with van der Waals surface area (Å²) in [4.78, 5) is 23.4. The van der Waals surface area contributed by atoms with E-state index in [9.17, 15) is 20.0 Å². The Morgan fingerprint density at radius 2 is 1.97 bits per heavy atom. The minimum Gasteiger partial charge on any atom is -0.454 e. The van der Waals surface area contributed by atoms with E-state index in [1.165, 1.54) is 18.2 Å². The third kappa shape index (κ3) is 4.75. The SMILES string of the molecule is CC(C)[C@@H](CO)Nc1ccc([N+](=O)[O-])cc1C(=O)NCc1ccc2c(c1)OCO2. The van der Waals surface area contributed by atoms with E-state index in [4.69, 9.17) is 9.47 Å². The molecular weight excluding hydrogens is 378 g/mol. The number of ether oxygens (including phenoxy) is 2. The van der Waals surface area contributed by atoms with Gasteiger partial charge in [0.15, 0.2) is 11.5 Å². The minimum atomic E-state index is -0.551. The maximum absolute atomic E-state index is 12.8. The van der Waals surface area contributed by atoms with Crippen molar-refractivity contribution in [2.45, 2.75) is 26.4 Å². The van der Waals surface area contributed by atoms with Gasteiger partial charge in [0, 0.05) is 24.4 Å². The lowest BCUT2D eigenvalue weighted by Gasteiger charge is -2.22. The average Bonchev–Trinajstić information content (AvgIpc) is 3.17. The highest BCUT2D eigenvalue weighted by Crippen LogP contribution is 2.32. The number of hydrogen-bond acceptors (Lipinski definition) is 7. The van der Waals surface area contributed by atoms with E-state index in [0.717, 1.165) is 5.56 Å². The Hall–Kier alpha value is -3.33. The zero-order valence-corrected chi connectivity index (χ0v) is 16.2. The molecule has 0 bridgehead atoms. The van der Waals surface area contributed by atoms with E-state index in [1.54, 1.807) is 18.2 Å². The summed E-state index contributed by atoms with van der Waals surface area (Å²) in [7, 11) is 0. The zero-order valence-electron chi connectivity index (χ0n) is 16.2. The van der Waals surface area contributed by atoms with Crippen molar-refractivity contribution in [1.29, 1.82) is 0 Å². The molecule has 0 aliphatic carbocycles. The van der Waals surface area contributed by atoms with Gasteiger partial charge < -0.3 is 25.2 Å². The van der Waals surface area contributed by atoms with Crippen molar-refractivity contribution in [3.8, 4) is 11.5 Å². The maximum atomic E-state index is 12.8. The van der Waals surface area contributed by atoms with Crippen molar-refractivity contribution in [1.82, 2.24) is 5.32 Å². The lowest BCUT2D eigenvalue weighted by molar-refractivity contribution is -0.384. The molecule has 3 N–H and O–H groups in total. The number of amides is 1. The first-order valence-corrected chi connectivity index (χ1v) is 9.21. The molecule has 2 aromatic rings. The molecule has 154 valence electrons. The van der Waals surface area contributed by atoms with E-state index >= 15 is 0 Å². The molecule has 29 heavy (non-hydrogen) atoms. The fourth-order valence-electron chi connectivity index (χ4n) is 2.91. The molecule has 1 amide bonds. The van der Waals surface area contributed by atoms with Crippen LogP contribution in [0.2, 0.25) is 0 Å². The number of carbonyl (C=O) groups excluding carboxylic acids is 1. The van der Waals surface area contributed by atoms with Gasteiger partial charge in [-0.2, -0.15) is 0 Å². The number of non-ortho nitro benzene ring substituents is 1. The van der Waals surface area contributed by atoms with Gasteiger partial charge in [0.05, 0.1) is 23.1 Å². The molecule has 0 aromatic heterocycles. The Morgan fingerprint density at radius 3 is 2.66 bits per heavy atom. The Morgan fingerprint density at radius 1 is 1.21 bits per heavy atom. The van der Waals surface area contributed by atoms with Gasteiger partial charge in [-0.05, 0) is 29.7 Å². The van der Waals surface area contributed by atoms with Crippen LogP contribution in [0, 0.1) is 16.0 Å². The van der Waals surface area contributed by atoms with Crippen molar-refractivity contribution in [2.75, 3.05) is 18.7 Å². The molecule has 1 atom stereocenters. The molecule has 2 aromatic carbocycles. The van der Waals surface area contributed by atoms with Crippen LogP contribution in [0.1, 0.15) is 29.8 Å². The van der Waals surface area contributed by atoms with Gasteiger partial charge in [-0.15, -0.1) is 0 Å². The monoisotopic (exact) mass is 401 g/mol. The third-order valence-corrected chi connectivity index (χ3v) is 4.69. The van der Waals surface area contributed by atoms with E-state index in [2.05, 4.69) is 10.6 Å². The Kier molecular flexibility index (Phi) is 6.18. The number of carbonyl (C=O) groups is 1. The summed E-state index contributed by atoms with van der Waals surface area (Å²) in [6, 6.07) is 9.09. The number of fused-ring (bicyclic) bond motifs is 1. The van der Waals surface area contributed by atoms with Crippen molar-refractivity contribution < 1.29 is 24.3 Å². The van der Waals surface area contributed by atoms with E-state index in [-0.39, 0.29) is 43.2 Å². The summed E-state index contributed by atoms with van der Waals surface area (Å²) in [5, 5.41) is 26.6. The molecule has 9 nitrogen and oxygen atoms in total. The molecule has 1 heterocycles. The Labute approximate surface area is 167 Å². The average molecular weight is 401 g/mol. The predicted molar refractivity (Wildman–Crippen MR) is 106 cm³/mol. The molecule has 1 aliphatic rings. The van der Waals surface area contributed by atoms with Gasteiger partial charge in [-0.1, -0.05) is 19.9 Å². The number of nitrogens with zero attached hydrogens (tertiary/aromatic N) is 1.